The lowest BCUT2D eigenvalue weighted by molar-refractivity contribution is -0.167. The Morgan fingerprint density at radius 2 is 1.85 bits per heavy atom. The van der Waals surface area contributed by atoms with Crippen molar-refractivity contribution in [2.24, 2.45) is 0 Å². The number of carbonyl (C=O) groups excluding carboxylic acids is 1. The van der Waals surface area contributed by atoms with Crippen LogP contribution in [0.5, 0.6) is 17.2 Å². The van der Waals surface area contributed by atoms with Gasteiger partial charge in [0.25, 0.3) is 0 Å². The number of aromatic hydroxyl groups is 2. The first-order valence-electron chi connectivity index (χ1n) is 11.9. The summed E-state index contributed by atoms with van der Waals surface area (Å²) >= 11 is 0. The Morgan fingerprint density at radius 3 is 2.64 bits per heavy atom. The van der Waals surface area contributed by atoms with Gasteiger partial charge in [-0.2, -0.15) is 0 Å². The maximum atomic E-state index is 12.8. The van der Waals surface area contributed by atoms with Crippen LogP contribution < -0.4 is 4.74 Å². The summed E-state index contributed by atoms with van der Waals surface area (Å²) < 4.78 is 11.5. The smallest absolute Gasteiger partial charge is 0.306 e. The third-order valence-electron chi connectivity index (χ3n) is 8.05. The van der Waals surface area contributed by atoms with E-state index >= 15 is 0 Å². The lowest BCUT2D eigenvalue weighted by Crippen LogP contribution is -2.64. The molecule has 2 fully saturated rings. The molecule has 0 amide bonds. The fourth-order valence-electron chi connectivity index (χ4n) is 6.54. The molecule has 0 spiro atoms. The van der Waals surface area contributed by atoms with Crippen molar-refractivity contribution in [1.29, 1.82) is 0 Å². The second-order valence-corrected chi connectivity index (χ2v) is 10.3. The highest BCUT2D eigenvalue weighted by atomic mass is 16.5. The number of carbonyl (C=O) groups is 1. The fraction of sp³-hybridized carbons (Fsp3) is 0.519. The van der Waals surface area contributed by atoms with Crippen LogP contribution in [0.25, 0.3) is 11.1 Å². The zero-order valence-corrected chi connectivity index (χ0v) is 19.7. The van der Waals surface area contributed by atoms with Gasteiger partial charge in [-0.05, 0) is 80.6 Å². The van der Waals surface area contributed by atoms with Crippen molar-refractivity contribution in [3.63, 3.8) is 0 Å². The molecule has 0 unspecified atom stereocenters. The Labute approximate surface area is 195 Å². The molecule has 5 rings (SSSR count). The monoisotopic (exact) mass is 451 g/mol. The number of aryl methyl sites for hydroxylation is 1. The fourth-order valence-corrected chi connectivity index (χ4v) is 6.54. The third kappa shape index (κ3) is 3.65. The molecule has 2 aromatic carbocycles. The first-order chi connectivity index (χ1) is 15.7. The SMILES string of the molecule is COc1cc2c(cc1O)[C@]1(C)C[C@H](C[C@]3(C)CCCCN31)OC(=O)CCc1ccc(O)c-2c1. The first kappa shape index (κ1) is 22.1. The number of nitrogens with zero attached hydrogens (tertiary/aromatic N) is 1. The molecule has 3 aliphatic rings. The average molecular weight is 452 g/mol. The van der Waals surface area contributed by atoms with E-state index < -0.39 is 5.54 Å². The molecule has 33 heavy (non-hydrogen) atoms. The number of piperidine rings is 2. The summed E-state index contributed by atoms with van der Waals surface area (Å²) in [6.07, 6.45) is 5.38. The van der Waals surface area contributed by atoms with Crippen molar-refractivity contribution >= 4 is 5.97 Å². The minimum Gasteiger partial charge on any atom is -0.507 e. The predicted molar refractivity (Wildman–Crippen MR) is 126 cm³/mol. The maximum absolute atomic E-state index is 12.8. The third-order valence-corrected chi connectivity index (χ3v) is 8.05. The lowest BCUT2D eigenvalue weighted by atomic mass is 9.68. The number of ether oxygens (including phenoxy) is 2. The normalized spacial score (nSPS) is 29.7. The molecule has 6 nitrogen and oxygen atoms in total. The highest BCUT2D eigenvalue weighted by Gasteiger charge is 2.53. The van der Waals surface area contributed by atoms with E-state index in [1.54, 1.807) is 12.1 Å². The molecular weight excluding hydrogens is 418 g/mol. The standard InChI is InChI=1S/C27H33NO5/c1-26-10-4-5-11-28(26)27(2)16-18(15-26)33-25(31)9-7-17-6-8-22(29)20(12-17)19-13-24(32-3)23(30)14-21(19)27/h6,8,12-14,18,29-30H,4-5,7,9-11,15-16H2,1-3H3/t18-,26-,27-/m0/s1. The van der Waals surface area contributed by atoms with Gasteiger partial charge in [0, 0.05) is 35.9 Å². The number of esters is 1. The minimum atomic E-state index is -0.501. The number of fused-ring (bicyclic) bond motifs is 9. The van der Waals surface area contributed by atoms with Crippen LogP contribution >= 0.6 is 0 Å². The van der Waals surface area contributed by atoms with E-state index in [9.17, 15) is 15.0 Å². The maximum Gasteiger partial charge on any atom is 0.306 e. The second kappa shape index (κ2) is 7.94. The van der Waals surface area contributed by atoms with Gasteiger partial charge in [-0.25, -0.2) is 0 Å². The van der Waals surface area contributed by atoms with Gasteiger partial charge in [0.15, 0.2) is 11.5 Å². The summed E-state index contributed by atoms with van der Waals surface area (Å²) in [5, 5.41) is 21.7. The zero-order chi connectivity index (χ0) is 23.4. The van der Waals surface area contributed by atoms with Gasteiger partial charge in [-0.1, -0.05) is 12.5 Å². The Balaban J connectivity index is 1.80. The zero-order valence-electron chi connectivity index (χ0n) is 19.7. The molecule has 176 valence electrons. The van der Waals surface area contributed by atoms with Gasteiger partial charge in [-0.3, -0.25) is 9.69 Å². The summed E-state index contributed by atoms with van der Waals surface area (Å²) in [6, 6.07) is 9.09. The van der Waals surface area contributed by atoms with E-state index in [4.69, 9.17) is 9.47 Å². The van der Waals surface area contributed by atoms with E-state index in [1.807, 2.05) is 18.2 Å². The topological polar surface area (TPSA) is 79.2 Å². The van der Waals surface area contributed by atoms with E-state index in [-0.39, 0.29) is 29.1 Å². The minimum absolute atomic E-state index is 0.0676. The first-order valence-corrected chi connectivity index (χ1v) is 11.9. The van der Waals surface area contributed by atoms with E-state index in [0.717, 1.165) is 48.9 Å². The molecule has 3 atom stereocenters. The number of benzene rings is 2. The summed E-state index contributed by atoms with van der Waals surface area (Å²) in [6.45, 7) is 5.40. The largest absolute Gasteiger partial charge is 0.507 e. The van der Waals surface area contributed by atoms with Crippen molar-refractivity contribution < 1.29 is 24.5 Å². The Bertz CT molecular complexity index is 1100. The molecule has 3 heterocycles. The number of hydrogen-bond donors (Lipinski definition) is 2. The van der Waals surface area contributed by atoms with Crippen molar-refractivity contribution in [3.05, 3.63) is 41.5 Å². The van der Waals surface area contributed by atoms with Crippen molar-refractivity contribution in [3.8, 4) is 28.4 Å². The number of hydrogen-bond acceptors (Lipinski definition) is 6. The van der Waals surface area contributed by atoms with Crippen LogP contribution in [-0.4, -0.2) is 46.4 Å². The van der Waals surface area contributed by atoms with Crippen LogP contribution in [0, 0.1) is 0 Å². The quantitative estimate of drug-likeness (QED) is 0.602. The van der Waals surface area contributed by atoms with E-state index in [2.05, 4.69) is 18.7 Å². The molecule has 6 heteroatoms. The van der Waals surface area contributed by atoms with Gasteiger partial charge < -0.3 is 19.7 Å². The highest BCUT2D eigenvalue weighted by Crippen LogP contribution is 2.53. The Hall–Kier alpha value is -2.73. The molecule has 2 aromatic rings. The summed E-state index contributed by atoms with van der Waals surface area (Å²) in [7, 11) is 1.53. The molecular formula is C27H33NO5. The summed E-state index contributed by atoms with van der Waals surface area (Å²) in [5.74, 6) is 0.431. The van der Waals surface area contributed by atoms with Crippen LogP contribution in [0.1, 0.15) is 63.5 Å². The van der Waals surface area contributed by atoms with Crippen LogP contribution in [0.2, 0.25) is 0 Å². The average Bonchev–Trinajstić information content (AvgIpc) is 2.77. The molecule has 0 aromatic heterocycles. The van der Waals surface area contributed by atoms with Gasteiger partial charge in [-0.15, -0.1) is 0 Å². The van der Waals surface area contributed by atoms with Crippen molar-refractivity contribution in [1.82, 2.24) is 4.90 Å². The number of phenols is 2. The molecule has 0 radical (unpaired) electrons. The molecule has 2 saturated heterocycles. The molecule has 3 aliphatic heterocycles. The van der Waals surface area contributed by atoms with Gasteiger partial charge in [0.05, 0.1) is 7.11 Å². The summed E-state index contributed by atoms with van der Waals surface area (Å²) in [5.41, 5.74) is 2.79. The lowest BCUT2D eigenvalue weighted by Gasteiger charge is -2.60. The van der Waals surface area contributed by atoms with Crippen LogP contribution in [0.3, 0.4) is 0 Å². The number of phenolic OH excluding ortho intramolecular Hbond substituents is 2. The Kier molecular flexibility index (Phi) is 5.31. The van der Waals surface area contributed by atoms with E-state index in [1.165, 1.54) is 7.11 Å². The molecule has 0 saturated carbocycles. The number of rotatable bonds is 1. The van der Waals surface area contributed by atoms with Crippen molar-refractivity contribution in [2.75, 3.05) is 13.7 Å². The van der Waals surface area contributed by atoms with Crippen LogP contribution in [-0.2, 0) is 21.5 Å². The van der Waals surface area contributed by atoms with Crippen LogP contribution in [0.4, 0.5) is 0 Å². The molecule has 4 bridgehead atoms. The molecule has 0 aliphatic carbocycles. The predicted octanol–water partition coefficient (Wildman–Crippen LogP) is 4.89. The molecule has 2 N–H and O–H groups in total. The highest BCUT2D eigenvalue weighted by molar-refractivity contribution is 5.78. The summed E-state index contributed by atoms with van der Waals surface area (Å²) in [4.78, 5) is 15.3. The van der Waals surface area contributed by atoms with Gasteiger partial charge in [0.1, 0.15) is 11.9 Å². The van der Waals surface area contributed by atoms with E-state index in [0.29, 0.717) is 30.6 Å². The second-order valence-electron chi connectivity index (χ2n) is 10.3. The number of methoxy groups -OCH3 is 1. The van der Waals surface area contributed by atoms with Gasteiger partial charge in [0.2, 0.25) is 0 Å². The van der Waals surface area contributed by atoms with Crippen LogP contribution in [0.15, 0.2) is 30.3 Å². The Morgan fingerprint density at radius 1 is 1.03 bits per heavy atom. The van der Waals surface area contributed by atoms with Crippen molar-refractivity contribution in [2.45, 2.75) is 76.0 Å². The van der Waals surface area contributed by atoms with Gasteiger partial charge >= 0.3 is 5.97 Å².